The second-order valence-electron chi connectivity index (χ2n) is 3.84. The van der Waals surface area contributed by atoms with Crippen molar-refractivity contribution in [1.29, 1.82) is 0 Å². The molecule has 2 aliphatic rings. The molecule has 0 N–H and O–H groups in total. The zero-order valence-corrected chi connectivity index (χ0v) is 6.52. The summed E-state index contributed by atoms with van der Waals surface area (Å²) in [5.74, 6) is 1.24. The third-order valence-corrected chi connectivity index (χ3v) is 3.38. The molecule has 2 aliphatic carbocycles. The van der Waals surface area contributed by atoms with Crippen molar-refractivity contribution in [2.24, 2.45) is 11.3 Å². The molecule has 0 aromatic rings. The highest BCUT2D eigenvalue weighted by atomic mass is 16.1. The number of hydrogen-bond donors (Lipinski definition) is 0. The first-order valence-corrected chi connectivity index (χ1v) is 4.27. The molecule has 0 atom stereocenters. The fraction of sp³-hybridized carbons (Fsp3) is 0.889. The lowest BCUT2D eigenvalue weighted by molar-refractivity contribution is -0.125. The van der Waals surface area contributed by atoms with Crippen LogP contribution in [0.1, 0.15) is 39.0 Å². The third-order valence-electron chi connectivity index (χ3n) is 3.38. The Balaban J connectivity index is 2.06. The van der Waals surface area contributed by atoms with E-state index in [4.69, 9.17) is 0 Å². The van der Waals surface area contributed by atoms with Crippen LogP contribution in [0.5, 0.6) is 0 Å². The maximum absolute atomic E-state index is 11.2. The molecule has 0 heterocycles. The van der Waals surface area contributed by atoms with Gasteiger partial charge in [0.15, 0.2) is 0 Å². The van der Waals surface area contributed by atoms with Crippen LogP contribution in [0.4, 0.5) is 0 Å². The van der Waals surface area contributed by atoms with Crippen molar-refractivity contribution in [1.82, 2.24) is 0 Å². The van der Waals surface area contributed by atoms with Gasteiger partial charge in [-0.15, -0.1) is 0 Å². The molecule has 1 nitrogen and oxygen atoms in total. The Labute approximate surface area is 61.8 Å². The fourth-order valence-corrected chi connectivity index (χ4v) is 2.14. The second kappa shape index (κ2) is 1.84. The summed E-state index contributed by atoms with van der Waals surface area (Å²) in [7, 11) is 0. The van der Waals surface area contributed by atoms with E-state index >= 15 is 0 Å². The van der Waals surface area contributed by atoms with Gasteiger partial charge in [0.2, 0.25) is 0 Å². The summed E-state index contributed by atoms with van der Waals surface area (Å²) in [6.45, 7) is 1.77. The predicted molar refractivity (Wildman–Crippen MR) is 39.7 cm³/mol. The van der Waals surface area contributed by atoms with Crippen LogP contribution in [-0.2, 0) is 4.79 Å². The molecule has 0 amide bonds. The van der Waals surface area contributed by atoms with Gasteiger partial charge >= 0.3 is 0 Å². The van der Waals surface area contributed by atoms with E-state index in [9.17, 15) is 4.79 Å². The summed E-state index contributed by atoms with van der Waals surface area (Å²) in [6, 6.07) is 0. The highest BCUT2D eigenvalue weighted by Crippen LogP contribution is 2.58. The molecule has 0 unspecified atom stereocenters. The van der Waals surface area contributed by atoms with E-state index < -0.39 is 0 Å². The van der Waals surface area contributed by atoms with Crippen LogP contribution in [0.3, 0.4) is 0 Å². The normalized spacial score (nSPS) is 29.3. The molecule has 0 spiro atoms. The first kappa shape index (κ1) is 6.38. The highest BCUT2D eigenvalue weighted by Gasteiger charge is 2.54. The maximum Gasteiger partial charge on any atom is 0.136 e. The van der Waals surface area contributed by atoms with Gasteiger partial charge in [0.1, 0.15) is 5.78 Å². The van der Waals surface area contributed by atoms with Crippen LogP contribution in [0.15, 0.2) is 0 Å². The van der Waals surface area contributed by atoms with Crippen LogP contribution in [0.2, 0.25) is 0 Å². The molecule has 56 valence electrons. The Morgan fingerprint density at radius 2 is 2.00 bits per heavy atom. The van der Waals surface area contributed by atoms with Crippen LogP contribution in [-0.4, -0.2) is 5.78 Å². The van der Waals surface area contributed by atoms with Gasteiger partial charge in [0.05, 0.1) is 0 Å². The monoisotopic (exact) mass is 138 g/mol. The number of rotatable bonds is 2. The Kier molecular flexibility index (Phi) is 1.17. The minimum atomic E-state index is 0.207. The molecule has 2 saturated carbocycles. The van der Waals surface area contributed by atoms with E-state index in [1.54, 1.807) is 6.92 Å². The number of carbonyl (C=O) groups is 1. The van der Waals surface area contributed by atoms with Gasteiger partial charge < -0.3 is 0 Å². The van der Waals surface area contributed by atoms with Crippen molar-refractivity contribution in [3.8, 4) is 0 Å². The molecule has 0 aromatic carbocycles. The third kappa shape index (κ3) is 0.664. The second-order valence-corrected chi connectivity index (χ2v) is 3.84. The molecule has 10 heavy (non-hydrogen) atoms. The van der Waals surface area contributed by atoms with Crippen molar-refractivity contribution in [2.75, 3.05) is 0 Å². The Morgan fingerprint density at radius 3 is 2.10 bits per heavy atom. The first-order valence-electron chi connectivity index (χ1n) is 4.27. The zero-order chi connectivity index (χ0) is 7.19. The molecule has 2 fully saturated rings. The summed E-state index contributed by atoms with van der Waals surface area (Å²) in [5.41, 5.74) is 0.207. The van der Waals surface area contributed by atoms with Crippen molar-refractivity contribution in [3.63, 3.8) is 0 Å². The van der Waals surface area contributed by atoms with Crippen LogP contribution < -0.4 is 0 Å². The molecule has 1 heteroatoms. The number of carbonyl (C=O) groups excluding carboxylic acids is 1. The van der Waals surface area contributed by atoms with Crippen LogP contribution in [0, 0.1) is 11.3 Å². The van der Waals surface area contributed by atoms with E-state index in [1.165, 1.54) is 32.1 Å². The summed E-state index contributed by atoms with van der Waals surface area (Å²) in [4.78, 5) is 11.2. The quantitative estimate of drug-likeness (QED) is 0.571. The van der Waals surface area contributed by atoms with E-state index in [1.807, 2.05) is 0 Å². The van der Waals surface area contributed by atoms with E-state index in [0.29, 0.717) is 5.78 Å². The van der Waals surface area contributed by atoms with Gasteiger partial charge in [0, 0.05) is 5.41 Å². The van der Waals surface area contributed by atoms with Gasteiger partial charge in [-0.25, -0.2) is 0 Å². The molecule has 0 aliphatic heterocycles. The summed E-state index contributed by atoms with van der Waals surface area (Å²) in [5, 5.41) is 0. The van der Waals surface area contributed by atoms with Crippen molar-refractivity contribution >= 4 is 5.78 Å². The van der Waals surface area contributed by atoms with E-state index in [2.05, 4.69) is 0 Å². The Bertz CT molecular complexity index is 164. The number of ketones is 1. The largest absolute Gasteiger partial charge is 0.299 e. The van der Waals surface area contributed by atoms with Crippen LogP contribution >= 0.6 is 0 Å². The number of Topliss-reactive ketones (excluding diaryl/α,β-unsaturated/α-hetero) is 1. The topological polar surface area (TPSA) is 17.1 Å². The molecule has 0 bridgehead atoms. The van der Waals surface area contributed by atoms with E-state index in [0.717, 1.165) is 5.92 Å². The van der Waals surface area contributed by atoms with Crippen molar-refractivity contribution in [2.45, 2.75) is 39.0 Å². The minimum absolute atomic E-state index is 0.207. The highest BCUT2D eigenvalue weighted by molar-refractivity contribution is 5.85. The first-order chi connectivity index (χ1) is 4.76. The molecule has 0 saturated heterocycles. The summed E-state index contributed by atoms with van der Waals surface area (Å²) >= 11 is 0. The Morgan fingerprint density at radius 1 is 1.40 bits per heavy atom. The summed E-state index contributed by atoms with van der Waals surface area (Å²) in [6.07, 6.45) is 6.37. The molecular weight excluding hydrogens is 124 g/mol. The number of hydrogen-bond acceptors (Lipinski definition) is 1. The fourth-order valence-electron chi connectivity index (χ4n) is 2.14. The van der Waals surface area contributed by atoms with Crippen molar-refractivity contribution < 1.29 is 4.79 Å². The molecular formula is C9H14O. The van der Waals surface area contributed by atoms with Gasteiger partial charge in [0.25, 0.3) is 0 Å². The van der Waals surface area contributed by atoms with Gasteiger partial charge in [-0.05, 0) is 38.5 Å². The minimum Gasteiger partial charge on any atom is -0.299 e. The van der Waals surface area contributed by atoms with Gasteiger partial charge in [-0.3, -0.25) is 4.79 Å². The summed E-state index contributed by atoms with van der Waals surface area (Å²) < 4.78 is 0. The maximum atomic E-state index is 11.2. The molecule has 2 rings (SSSR count). The average Bonchev–Trinajstić information content (AvgIpc) is 2.41. The van der Waals surface area contributed by atoms with E-state index in [-0.39, 0.29) is 5.41 Å². The average molecular weight is 138 g/mol. The van der Waals surface area contributed by atoms with Crippen LogP contribution in [0.25, 0.3) is 0 Å². The van der Waals surface area contributed by atoms with Gasteiger partial charge in [-0.2, -0.15) is 0 Å². The molecule has 0 radical (unpaired) electrons. The standard InChI is InChI=1S/C9H14O/c1-7(10)9(5-6-9)8-3-2-4-8/h8H,2-6H2,1H3. The lowest BCUT2D eigenvalue weighted by Crippen LogP contribution is -2.28. The lowest BCUT2D eigenvalue weighted by atomic mass is 9.72. The van der Waals surface area contributed by atoms with Gasteiger partial charge in [-0.1, -0.05) is 6.42 Å². The Hall–Kier alpha value is -0.330. The predicted octanol–water partition coefficient (Wildman–Crippen LogP) is 2.16. The SMILES string of the molecule is CC(=O)C1(C2CCC2)CC1. The smallest absolute Gasteiger partial charge is 0.136 e. The lowest BCUT2D eigenvalue weighted by Gasteiger charge is -2.32. The zero-order valence-electron chi connectivity index (χ0n) is 6.52. The van der Waals surface area contributed by atoms with Crippen molar-refractivity contribution in [3.05, 3.63) is 0 Å². The molecule has 0 aromatic heterocycles.